The number of hydrogen-bond acceptors (Lipinski definition) is 2. The first-order valence-corrected chi connectivity index (χ1v) is 5.35. The summed E-state index contributed by atoms with van der Waals surface area (Å²) in [6, 6.07) is 5.96. The number of nitriles is 1. The van der Waals surface area contributed by atoms with Crippen molar-refractivity contribution in [3.05, 3.63) is 34.4 Å². The first-order valence-electron chi connectivity index (χ1n) is 5.35. The number of carbonyl (C=O) groups is 1. The zero-order valence-corrected chi connectivity index (χ0v) is 9.92. The Morgan fingerprint density at radius 1 is 1.44 bits per heavy atom. The van der Waals surface area contributed by atoms with Gasteiger partial charge in [-0.3, -0.25) is 4.79 Å². The number of rotatable bonds is 3. The maximum absolute atomic E-state index is 11.5. The highest BCUT2D eigenvalue weighted by atomic mass is 16.1. The molecule has 0 aliphatic heterocycles. The molecule has 1 amide bonds. The van der Waals surface area contributed by atoms with E-state index in [1.54, 1.807) is 0 Å². The van der Waals surface area contributed by atoms with Crippen LogP contribution in [0.3, 0.4) is 0 Å². The van der Waals surface area contributed by atoms with E-state index >= 15 is 0 Å². The maximum atomic E-state index is 11.5. The molecule has 3 nitrogen and oxygen atoms in total. The predicted molar refractivity (Wildman–Crippen MR) is 63.0 cm³/mol. The fraction of sp³-hybridized carbons (Fsp3) is 0.385. The van der Waals surface area contributed by atoms with Crippen molar-refractivity contribution in [1.82, 2.24) is 5.32 Å². The second kappa shape index (κ2) is 5.32. The van der Waals surface area contributed by atoms with Crippen LogP contribution in [0, 0.1) is 25.2 Å². The summed E-state index contributed by atoms with van der Waals surface area (Å²) in [4.78, 5) is 11.5. The highest BCUT2D eigenvalue weighted by molar-refractivity contribution is 5.79. The van der Waals surface area contributed by atoms with Gasteiger partial charge < -0.3 is 5.32 Å². The Bertz CT molecular complexity index is 444. The smallest absolute Gasteiger partial charge is 0.224 e. The molecule has 0 saturated heterocycles. The molecule has 0 spiro atoms. The Morgan fingerprint density at radius 2 is 2.12 bits per heavy atom. The Morgan fingerprint density at radius 3 is 2.69 bits per heavy atom. The normalized spacial score (nSPS) is 9.62. The minimum Gasteiger partial charge on any atom is -0.356 e. The van der Waals surface area contributed by atoms with E-state index in [9.17, 15) is 4.79 Å². The topological polar surface area (TPSA) is 52.9 Å². The van der Waals surface area contributed by atoms with Crippen LogP contribution < -0.4 is 5.32 Å². The van der Waals surface area contributed by atoms with E-state index in [1.165, 1.54) is 0 Å². The standard InChI is InChI=1S/C13H16N2O/c1-4-15-13(16)7-12-10(3)5-9(2)6-11(12)8-14/h5-6H,4,7H2,1-3H3,(H,15,16). The molecular formula is C13H16N2O. The van der Waals surface area contributed by atoms with Crippen molar-refractivity contribution in [2.24, 2.45) is 0 Å². The molecule has 0 unspecified atom stereocenters. The van der Waals surface area contributed by atoms with Crippen LogP contribution in [0.2, 0.25) is 0 Å². The zero-order chi connectivity index (χ0) is 12.1. The number of amides is 1. The van der Waals surface area contributed by atoms with Gasteiger partial charge in [0.05, 0.1) is 18.1 Å². The largest absolute Gasteiger partial charge is 0.356 e. The van der Waals surface area contributed by atoms with Gasteiger partial charge in [0.15, 0.2) is 0 Å². The predicted octanol–water partition coefficient (Wildman–Crippen LogP) is 1.85. The van der Waals surface area contributed by atoms with Gasteiger partial charge in [-0.25, -0.2) is 0 Å². The van der Waals surface area contributed by atoms with Gasteiger partial charge in [-0.1, -0.05) is 6.07 Å². The highest BCUT2D eigenvalue weighted by Crippen LogP contribution is 2.17. The number of nitrogens with zero attached hydrogens (tertiary/aromatic N) is 1. The average molecular weight is 216 g/mol. The second-order valence-electron chi connectivity index (χ2n) is 3.85. The van der Waals surface area contributed by atoms with Crippen LogP contribution >= 0.6 is 0 Å². The van der Waals surface area contributed by atoms with Gasteiger partial charge in [-0.2, -0.15) is 5.26 Å². The third kappa shape index (κ3) is 2.83. The molecule has 0 bridgehead atoms. The van der Waals surface area contributed by atoms with E-state index in [2.05, 4.69) is 11.4 Å². The second-order valence-corrected chi connectivity index (χ2v) is 3.85. The molecule has 0 fully saturated rings. The summed E-state index contributed by atoms with van der Waals surface area (Å²) in [5.41, 5.74) is 3.49. The molecule has 16 heavy (non-hydrogen) atoms. The van der Waals surface area contributed by atoms with Crippen molar-refractivity contribution in [2.75, 3.05) is 6.54 Å². The quantitative estimate of drug-likeness (QED) is 0.838. The molecular weight excluding hydrogens is 200 g/mol. The molecule has 0 heterocycles. The zero-order valence-electron chi connectivity index (χ0n) is 9.92. The summed E-state index contributed by atoms with van der Waals surface area (Å²) >= 11 is 0. The molecule has 0 aliphatic carbocycles. The SMILES string of the molecule is CCNC(=O)Cc1c(C)cc(C)cc1C#N. The van der Waals surface area contributed by atoms with E-state index in [0.29, 0.717) is 12.1 Å². The molecule has 1 rings (SSSR count). The molecule has 1 N–H and O–H groups in total. The molecule has 1 aromatic carbocycles. The maximum Gasteiger partial charge on any atom is 0.224 e. The number of hydrogen-bond donors (Lipinski definition) is 1. The van der Waals surface area contributed by atoms with Crippen molar-refractivity contribution in [2.45, 2.75) is 27.2 Å². The van der Waals surface area contributed by atoms with Gasteiger partial charge in [0, 0.05) is 6.54 Å². The van der Waals surface area contributed by atoms with Crippen LogP contribution in [-0.2, 0) is 11.2 Å². The summed E-state index contributed by atoms with van der Waals surface area (Å²) in [7, 11) is 0. The van der Waals surface area contributed by atoms with Crippen molar-refractivity contribution in [1.29, 1.82) is 5.26 Å². The van der Waals surface area contributed by atoms with Gasteiger partial charge in [-0.05, 0) is 43.5 Å². The molecule has 0 aromatic heterocycles. The Balaban J connectivity index is 3.04. The van der Waals surface area contributed by atoms with Crippen LogP contribution in [0.1, 0.15) is 29.2 Å². The van der Waals surface area contributed by atoms with Crippen molar-refractivity contribution >= 4 is 5.91 Å². The van der Waals surface area contributed by atoms with E-state index < -0.39 is 0 Å². The third-order valence-electron chi connectivity index (χ3n) is 2.45. The number of nitrogens with one attached hydrogen (secondary N) is 1. The highest BCUT2D eigenvalue weighted by Gasteiger charge is 2.10. The number of carbonyl (C=O) groups excluding carboxylic acids is 1. The Hall–Kier alpha value is -1.82. The molecule has 84 valence electrons. The third-order valence-corrected chi connectivity index (χ3v) is 2.45. The summed E-state index contributed by atoms with van der Waals surface area (Å²) in [6.07, 6.45) is 0.281. The van der Waals surface area contributed by atoms with E-state index in [0.717, 1.165) is 16.7 Å². The number of likely N-dealkylation sites (N-methyl/N-ethyl adjacent to an activating group) is 1. The van der Waals surface area contributed by atoms with Gasteiger partial charge in [0.1, 0.15) is 0 Å². The molecule has 0 saturated carbocycles. The monoisotopic (exact) mass is 216 g/mol. The van der Waals surface area contributed by atoms with Crippen LogP contribution in [0.4, 0.5) is 0 Å². The number of aryl methyl sites for hydroxylation is 2. The van der Waals surface area contributed by atoms with Crippen LogP contribution in [0.5, 0.6) is 0 Å². The molecule has 0 aliphatic rings. The molecule has 0 radical (unpaired) electrons. The summed E-state index contributed by atoms with van der Waals surface area (Å²) in [6.45, 7) is 6.38. The minimum atomic E-state index is -0.0362. The Kier molecular flexibility index (Phi) is 4.07. The summed E-state index contributed by atoms with van der Waals surface area (Å²) in [5.74, 6) is -0.0362. The molecule has 1 aromatic rings. The fourth-order valence-corrected chi connectivity index (χ4v) is 1.75. The molecule has 3 heteroatoms. The lowest BCUT2D eigenvalue weighted by Crippen LogP contribution is -2.25. The first kappa shape index (κ1) is 12.3. The lowest BCUT2D eigenvalue weighted by Gasteiger charge is -2.09. The van der Waals surface area contributed by atoms with Crippen LogP contribution in [0.15, 0.2) is 12.1 Å². The lowest BCUT2D eigenvalue weighted by atomic mass is 9.97. The van der Waals surface area contributed by atoms with Crippen LogP contribution in [-0.4, -0.2) is 12.5 Å². The molecule has 0 atom stereocenters. The minimum absolute atomic E-state index is 0.0362. The van der Waals surface area contributed by atoms with Crippen molar-refractivity contribution in [3.8, 4) is 6.07 Å². The summed E-state index contributed by atoms with van der Waals surface area (Å²) < 4.78 is 0. The Labute approximate surface area is 96.1 Å². The van der Waals surface area contributed by atoms with E-state index in [4.69, 9.17) is 5.26 Å². The summed E-state index contributed by atoms with van der Waals surface area (Å²) in [5, 5.41) is 11.8. The first-order chi connectivity index (χ1) is 7.58. The number of benzene rings is 1. The van der Waals surface area contributed by atoms with E-state index in [-0.39, 0.29) is 12.3 Å². The van der Waals surface area contributed by atoms with Gasteiger partial charge in [-0.15, -0.1) is 0 Å². The van der Waals surface area contributed by atoms with E-state index in [1.807, 2.05) is 32.9 Å². The van der Waals surface area contributed by atoms with Gasteiger partial charge in [0.2, 0.25) is 5.91 Å². The average Bonchev–Trinajstić information content (AvgIpc) is 2.22. The van der Waals surface area contributed by atoms with Crippen molar-refractivity contribution in [3.63, 3.8) is 0 Å². The van der Waals surface area contributed by atoms with Crippen molar-refractivity contribution < 1.29 is 4.79 Å². The van der Waals surface area contributed by atoms with Gasteiger partial charge >= 0.3 is 0 Å². The fourth-order valence-electron chi connectivity index (χ4n) is 1.75. The van der Waals surface area contributed by atoms with Gasteiger partial charge in [0.25, 0.3) is 0 Å². The lowest BCUT2D eigenvalue weighted by molar-refractivity contribution is -0.120. The van der Waals surface area contributed by atoms with Crippen LogP contribution in [0.25, 0.3) is 0 Å².